The molecule has 0 N–H and O–H groups in total. The van der Waals surface area contributed by atoms with Crippen molar-refractivity contribution in [3.8, 4) is 11.4 Å². The predicted octanol–water partition coefficient (Wildman–Crippen LogP) is 6.66. The van der Waals surface area contributed by atoms with E-state index in [0.29, 0.717) is 36.4 Å². The van der Waals surface area contributed by atoms with E-state index >= 15 is 0 Å². The van der Waals surface area contributed by atoms with Crippen LogP contribution in [0.5, 0.6) is 5.75 Å². The van der Waals surface area contributed by atoms with Gasteiger partial charge in [0.05, 0.1) is 45.6 Å². The molecule has 0 amide bonds. The number of aromatic nitrogens is 2. The van der Waals surface area contributed by atoms with Gasteiger partial charge in [0.2, 0.25) is 0 Å². The molecule has 3 heterocycles. The van der Waals surface area contributed by atoms with Crippen LogP contribution in [-0.4, -0.2) is 28.8 Å². The van der Waals surface area contributed by atoms with E-state index in [1.807, 2.05) is 92.7 Å². The third-order valence-corrected chi connectivity index (χ3v) is 9.45. The van der Waals surface area contributed by atoms with Crippen LogP contribution in [0.4, 0.5) is 0 Å². The molecular weight excluding hydrogens is 629 g/mol. The van der Waals surface area contributed by atoms with Crippen molar-refractivity contribution < 1.29 is 14.3 Å². The summed E-state index contributed by atoms with van der Waals surface area (Å²) in [5.74, 6) is 0.133. The van der Waals surface area contributed by atoms with E-state index < -0.39 is 12.0 Å². The van der Waals surface area contributed by atoms with E-state index in [1.165, 1.54) is 11.3 Å². The van der Waals surface area contributed by atoms with E-state index in [-0.39, 0.29) is 12.2 Å². The Kier molecular flexibility index (Phi) is 8.55. The van der Waals surface area contributed by atoms with Gasteiger partial charge in [0.15, 0.2) is 4.80 Å². The lowest BCUT2D eigenvalue weighted by Gasteiger charge is -2.26. The SMILES string of the molecule is CCOC(=O)C1=C(c2ccccc2)N=c2s/c(=C\c3cc(C)n(-c4ccc(Cl)c(Cl)c4)c3C)c(=O)n2[C@H]1c1ccc(OC)cc1. The number of nitrogens with zero attached hydrogens (tertiary/aromatic N) is 3. The van der Waals surface area contributed by atoms with Crippen molar-refractivity contribution in [1.82, 2.24) is 9.13 Å². The van der Waals surface area contributed by atoms with Crippen molar-refractivity contribution in [1.29, 1.82) is 0 Å². The predicted molar refractivity (Wildman–Crippen MR) is 179 cm³/mol. The number of aryl methyl sites for hydroxylation is 1. The number of carbonyl (C=O) groups is 1. The van der Waals surface area contributed by atoms with Gasteiger partial charge in [-0.05, 0) is 74.4 Å². The van der Waals surface area contributed by atoms with E-state index in [4.69, 9.17) is 37.7 Å². The average molecular weight is 659 g/mol. The average Bonchev–Trinajstić information content (AvgIpc) is 3.51. The highest BCUT2D eigenvalue weighted by Gasteiger charge is 2.35. The van der Waals surface area contributed by atoms with Gasteiger partial charge in [0.1, 0.15) is 5.75 Å². The highest BCUT2D eigenvalue weighted by atomic mass is 35.5. The molecule has 0 saturated heterocycles. The second kappa shape index (κ2) is 12.6. The fourth-order valence-electron chi connectivity index (χ4n) is 5.64. The Hall–Kier alpha value is -4.37. The van der Waals surface area contributed by atoms with Crippen molar-refractivity contribution in [3.05, 3.63) is 142 Å². The summed E-state index contributed by atoms with van der Waals surface area (Å²) in [5.41, 5.74) is 5.63. The molecule has 2 aromatic heterocycles. The van der Waals surface area contributed by atoms with Crippen LogP contribution in [0.1, 0.15) is 41.0 Å². The number of methoxy groups -OCH3 is 1. The zero-order valence-electron chi connectivity index (χ0n) is 25.0. The summed E-state index contributed by atoms with van der Waals surface area (Å²) >= 11 is 13.8. The zero-order valence-corrected chi connectivity index (χ0v) is 27.3. The maximum atomic E-state index is 14.3. The van der Waals surface area contributed by atoms with Gasteiger partial charge in [-0.25, -0.2) is 9.79 Å². The molecule has 1 aliphatic rings. The minimum absolute atomic E-state index is 0.179. The van der Waals surface area contributed by atoms with Crippen LogP contribution >= 0.6 is 34.5 Å². The van der Waals surface area contributed by atoms with Gasteiger partial charge in [0, 0.05) is 22.6 Å². The van der Waals surface area contributed by atoms with Crippen molar-refractivity contribution in [2.75, 3.05) is 13.7 Å². The molecule has 0 saturated carbocycles. The number of hydrogen-bond acceptors (Lipinski definition) is 6. The van der Waals surface area contributed by atoms with Gasteiger partial charge >= 0.3 is 5.97 Å². The number of esters is 1. The second-order valence-corrected chi connectivity index (χ2v) is 12.3. The molecule has 45 heavy (non-hydrogen) atoms. The number of halogens is 2. The number of fused-ring (bicyclic) bond motifs is 1. The first-order valence-electron chi connectivity index (χ1n) is 14.3. The monoisotopic (exact) mass is 657 g/mol. The molecule has 10 heteroatoms. The Morgan fingerprint density at radius 1 is 1.00 bits per heavy atom. The molecule has 1 aliphatic heterocycles. The standard InChI is InChI=1S/C35H29Cl2N3O4S/c1-5-44-34(42)30-31(22-9-7-6-8-10-22)38-35-40(32(30)23-11-14-26(43-4)15-12-23)33(41)29(45-35)18-24-17-20(2)39(21(24)3)25-13-16-27(36)28(37)19-25/h6-19,32H,5H2,1-4H3/b29-18-/t32-/m0/s1. The third-order valence-electron chi connectivity index (χ3n) is 7.72. The lowest BCUT2D eigenvalue weighted by molar-refractivity contribution is -0.138. The smallest absolute Gasteiger partial charge is 0.338 e. The largest absolute Gasteiger partial charge is 0.497 e. The van der Waals surface area contributed by atoms with E-state index in [2.05, 4.69) is 4.57 Å². The summed E-state index contributed by atoms with van der Waals surface area (Å²) in [4.78, 5) is 33.4. The van der Waals surface area contributed by atoms with Crippen LogP contribution in [0.2, 0.25) is 10.0 Å². The Morgan fingerprint density at radius 3 is 2.40 bits per heavy atom. The Morgan fingerprint density at radius 2 is 1.73 bits per heavy atom. The lowest BCUT2D eigenvalue weighted by atomic mass is 9.93. The lowest BCUT2D eigenvalue weighted by Crippen LogP contribution is -2.40. The molecule has 5 aromatic rings. The highest BCUT2D eigenvalue weighted by Crippen LogP contribution is 2.36. The fourth-order valence-corrected chi connectivity index (χ4v) is 6.92. The van der Waals surface area contributed by atoms with E-state index in [9.17, 15) is 9.59 Å². The number of carbonyl (C=O) groups excluding carboxylic acids is 1. The van der Waals surface area contributed by atoms with Gasteiger partial charge in [-0.2, -0.15) is 0 Å². The van der Waals surface area contributed by atoms with Crippen LogP contribution in [0.25, 0.3) is 17.5 Å². The summed E-state index contributed by atoms with van der Waals surface area (Å²) in [6, 6.07) is 23.6. The van der Waals surface area contributed by atoms with Crippen molar-refractivity contribution in [2.45, 2.75) is 26.8 Å². The Labute approximate surface area is 273 Å². The zero-order chi connectivity index (χ0) is 31.8. The number of hydrogen-bond donors (Lipinski definition) is 0. The van der Waals surface area contributed by atoms with Crippen LogP contribution < -0.4 is 19.6 Å². The number of benzene rings is 3. The number of thiazole rings is 1. The van der Waals surface area contributed by atoms with Gasteiger partial charge < -0.3 is 14.0 Å². The van der Waals surface area contributed by atoms with Crippen LogP contribution in [0.3, 0.4) is 0 Å². The molecule has 7 nitrogen and oxygen atoms in total. The molecule has 1 atom stereocenters. The van der Waals surface area contributed by atoms with Crippen LogP contribution in [-0.2, 0) is 9.53 Å². The van der Waals surface area contributed by atoms with Crippen molar-refractivity contribution in [3.63, 3.8) is 0 Å². The summed E-state index contributed by atoms with van der Waals surface area (Å²) in [7, 11) is 1.59. The van der Waals surface area contributed by atoms with Crippen LogP contribution in [0, 0.1) is 13.8 Å². The van der Waals surface area contributed by atoms with Crippen LogP contribution in [0.15, 0.2) is 94.2 Å². The number of ether oxygens (including phenoxy) is 2. The first-order valence-corrected chi connectivity index (χ1v) is 15.9. The molecule has 0 fully saturated rings. The summed E-state index contributed by atoms with van der Waals surface area (Å²) in [5, 5.41) is 0.939. The first kappa shape index (κ1) is 30.6. The maximum Gasteiger partial charge on any atom is 0.338 e. The van der Waals surface area contributed by atoms with Gasteiger partial charge in [-0.3, -0.25) is 9.36 Å². The second-order valence-electron chi connectivity index (χ2n) is 10.5. The Balaban J connectivity index is 1.59. The minimum atomic E-state index is -0.771. The molecule has 0 spiro atoms. The van der Waals surface area contributed by atoms with Crippen molar-refractivity contribution in [2.24, 2.45) is 4.99 Å². The number of rotatable bonds is 7. The van der Waals surface area contributed by atoms with Crippen molar-refractivity contribution >= 4 is 52.3 Å². The topological polar surface area (TPSA) is 74.8 Å². The van der Waals surface area contributed by atoms with Gasteiger partial charge in [-0.1, -0.05) is 77.0 Å². The molecule has 0 aliphatic carbocycles. The molecule has 0 bridgehead atoms. The van der Waals surface area contributed by atoms with Gasteiger partial charge in [-0.15, -0.1) is 0 Å². The highest BCUT2D eigenvalue weighted by molar-refractivity contribution is 7.07. The molecule has 0 unspecified atom stereocenters. The molecule has 0 radical (unpaired) electrons. The summed E-state index contributed by atoms with van der Waals surface area (Å²) < 4.78 is 15.1. The molecule has 228 valence electrons. The summed E-state index contributed by atoms with van der Waals surface area (Å²) in [6.45, 7) is 5.92. The molecule has 6 rings (SSSR count). The molecular formula is C35H29Cl2N3O4S. The summed E-state index contributed by atoms with van der Waals surface area (Å²) in [6.07, 6.45) is 1.88. The fraction of sp³-hybridized carbons (Fsp3) is 0.171. The minimum Gasteiger partial charge on any atom is -0.497 e. The third kappa shape index (κ3) is 5.65. The normalized spacial score (nSPS) is 14.7. The molecule has 3 aromatic carbocycles. The van der Waals surface area contributed by atoms with E-state index in [1.54, 1.807) is 24.7 Å². The Bertz CT molecular complexity index is 2150. The van der Waals surface area contributed by atoms with Gasteiger partial charge in [0.25, 0.3) is 5.56 Å². The quantitative estimate of drug-likeness (QED) is 0.184. The maximum absolute atomic E-state index is 14.3. The van der Waals surface area contributed by atoms with E-state index in [0.717, 1.165) is 33.8 Å². The first-order chi connectivity index (χ1) is 21.7.